The Hall–Kier alpha value is -0.550. The van der Waals surface area contributed by atoms with E-state index in [0.717, 1.165) is 0 Å². The Morgan fingerprint density at radius 2 is 2.29 bits per heavy atom. The zero-order valence-electron chi connectivity index (χ0n) is 4.60. The summed E-state index contributed by atoms with van der Waals surface area (Å²) in [6.07, 6.45) is 0.490. The fourth-order valence-electron chi connectivity index (χ4n) is 0.0791. The lowest BCUT2D eigenvalue weighted by atomic mass is 10.1. The van der Waals surface area contributed by atoms with Gasteiger partial charge >= 0.3 is 0 Å². The zero-order valence-corrected chi connectivity index (χ0v) is 4.60. The minimum Gasteiger partial charge on any atom is -0.376 e. The van der Waals surface area contributed by atoms with E-state index in [1.165, 1.54) is 6.92 Å². The Balaban J connectivity index is 3.66. The molecule has 0 aliphatic rings. The van der Waals surface area contributed by atoms with Crippen molar-refractivity contribution in [2.75, 3.05) is 0 Å². The molecular weight excluding hydrogens is 90.1 g/mol. The Bertz CT molecular complexity index is 90.7. The molecule has 0 aliphatic carbocycles. The number of nitrogens with zero attached hydrogens (tertiary/aromatic N) is 1. The molecule has 0 amide bonds. The summed E-state index contributed by atoms with van der Waals surface area (Å²) in [7, 11) is 0. The highest BCUT2D eigenvalue weighted by molar-refractivity contribution is 4.94. The van der Waals surface area contributed by atoms with E-state index >= 15 is 0 Å². The summed E-state index contributed by atoms with van der Waals surface area (Å²) < 4.78 is 0. The van der Waals surface area contributed by atoms with Crippen LogP contribution >= 0.6 is 0 Å². The van der Waals surface area contributed by atoms with Gasteiger partial charge < -0.3 is 5.11 Å². The van der Waals surface area contributed by atoms with Gasteiger partial charge in [0, 0.05) is 0 Å². The van der Waals surface area contributed by atoms with Crippen molar-refractivity contribution in [1.29, 1.82) is 5.26 Å². The van der Waals surface area contributed by atoms with E-state index in [1.807, 2.05) is 0 Å². The van der Waals surface area contributed by atoms with Crippen molar-refractivity contribution in [2.45, 2.75) is 25.9 Å². The molecule has 0 heterocycles. The van der Waals surface area contributed by atoms with Crippen molar-refractivity contribution in [2.24, 2.45) is 0 Å². The number of rotatable bonds is 1. The third kappa shape index (κ3) is 2.18. The summed E-state index contributed by atoms with van der Waals surface area (Å²) >= 11 is 0. The lowest BCUT2D eigenvalue weighted by Gasteiger charge is -2.07. The molecule has 2 nitrogen and oxygen atoms in total. The van der Waals surface area contributed by atoms with E-state index < -0.39 is 5.60 Å². The number of hydrogen-bond acceptors (Lipinski definition) is 2. The zero-order chi connectivity index (χ0) is 5.91. The predicted octanol–water partition coefficient (Wildman–Crippen LogP) is 0.671. The van der Waals surface area contributed by atoms with Crippen LogP contribution in [0.2, 0.25) is 0 Å². The van der Waals surface area contributed by atoms with Crippen molar-refractivity contribution >= 4 is 0 Å². The molecule has 1 N–H and O–H groups in total. The number of hydrogen-bond donors (Lipinski definition) is 1. The van der Waals surface area contributed by atoms with Gasteiger partial charge in [-0.1, -0.05) is 6.92 Å². The molecule has 0 aromatic heterocycles. The van der Waals surface area contributed by atoms with Crippen LogP contribution in [0.3, 0.4) is 0 Å². The first kappa shape index (κ1) is 6.45. The van der Waals surface area contributed by atoms with Crippen LogP contribution < -0.4 is 0 Å². The Morgan fingerprint density at radius 1 is 1.86 bits per heavy atom. The van der Waals surface area contributed by atoms with E-state index in [9.17, 15) is 0 Å². The third-order valence-corrected chi connectivity index (χ3v) is 0.929. The Labute approximate surface area is 43.4 Å². The topological polar surface area (TPSA) is 44.0 Å². The second-order valence-electron chi connectivity index (χ2n) is 1.74. The highest BCUT2D eigenvalue weighted by atomic mass is 16.3. The molecule has 40 valence electrons. The molecule has 0 spiro atoms. The normalized spacial score (nSPS) is 17.4. The highest BCUT2D eigenvalue weighted by Gasteiger charge is 2.13. The first-order chi connectivity index (χ1) is 3.12. The van der Waals surface area contributed by atoms with Gasteiger partial charge in [0.1, 0.15) is 5.60 Å². The van der Waals surface area contributed by atoms with Crippen LogP contribution in [0.1, 0.15) is 20.3 Å². The second kappa shape index (κ2) is 1.94. The SMILES string of the molecule is CCC(C)(O)C#N. The lowest BCUT2D eigenvalue weighted by molar-refractivity contribution is 0.116. The van der Waals surface area contributed by atoms with Gasteiger partial charge in [-0.3, -0.25) is 0 Å². The maximum Gasteiger partial charge on any atom is 0.148 e. The van der Waals surface area contributed by atoms with E-state index in [-0.39, 0.29) is 0 Å². The van der Waals surface area contributed by atoms with E-state index in [0.29, 0.717) is 6.42 Å². The molecule has 1 atom stereocenters. The fraction of sp³-hybridized carbons (Fsp3) is 0.800. The smallest absolute Gasteiger partial charge is 0.148 e. The van der Waals surface area contributed by atoms with Crippen LogP contribution in [0.5, 0.6) is 0 Å². The molecule has 7 heavy (non-hydrogen) atoms. The van der Waals surface area contributed by atoms with Crippen molar-refractivity contribution in [1.82, 2.24) is 0 Å². The quantitative estimate of drug-likeness (QED) is 0.491. The third-order valence-electron chi connectivity index (χ3n) is 0.929. The van der Waals surface area contributed by atoms with Gasteiger partial charge in [0.05, 0.1) is 6.07 Å². The molecule has 0 fully saturated rings. The van der Waals surface area contributed by atoms with Crippen molar-refractivity contribution in [3.05, 3.63) is 0 Å². The van der Waals surface area contributed by atoms with Gasteiger partial charge in [-0.2, -0.15) is 5.26 Å². The predicted molar refractivity (Wildman–Crippen MR) is 26.5 cm³/mol. The van der Waals surface area contributed by atoms with Crippen molar-refractivity contribution in [3.8, 4) is 6.07 Å². The van der Waals surface area contributed by atoms with Crippen LogP contribution in [0.4, 0.5) is 0 Å². The minimum absolute atomic E-state index is 0.490. The molecule has 0 saturated carbocycles. The first-order valence-electron chi connectivity index (χ1n) is 2.26. The van der Waals surface area contributed by atoms with Gasteiger partial charge in [0.2, 0.25) is 0 Å². The maximum absolute atomic E-state index is 8.77. The molecule has 1 unspecified atom stereocenters. The molecule has 0 radical (unpaired) electrons. The lowest BCUT2D eigenvalue weighted by Crippen LogP contribution is -2.18. The van der Waals surface area contributed by atoms with Gasteiger partial charge in [0.15, 0.2) is 0 Å². The van der Waals surface area contributed by atoms with E-state index in [1.54, 1.807) is 13.0 Å². The molecule has 0 aliphatic heterocycles. The highest BCUT2D eigenvalue weighted by Crippen LogP contribution is 2.03. The second-order valence-corrected chi connectivity index (χ2v) is 1.74. The van der Waals surface area contributed by atoms with E-state index in [4.69, 9.17) is 10.4 Å². The standard InChI is InChI=1S/C5H9NO/c1-3-5(2,7)4-6/h7H,3H2,1-2H3. The van der Waals surface area contributed by atoms with Gasteiger partial charge in [-0.15, -0.1) is 0 Å². The monoisotopic (exact) mass is 99.1 g/mol. The molecular formula is C5H9NO. The average molecular weight is 99.1 g/mol. The summed E-state index contributed by atoms with van der Waals surface area (Å²) in [4.78, 5) is 0. The van der Waals surface area contributed by atoms with Crippen LogP contribution in [0.15, 0.2) is 0 Å². The van der Waals surface area contributed by atoms with Crippen LogP contribution in [-0.4, -0.2) is 10.7 Å². The summed E-state index contributed by atoms with van der Waals surface area (Å²) in [6, 6.07) is 1.75. The summed E-state index contributed by atoms with van der Waals surface area (Å²) in [6.45, 7) is 3.26. The van der Waals surface area contributed by atoms with Crippen molar-refractivity contribution in [3.63, 3.8) is 0 Å². The summed E-state index contributed by atoms with van der Waals surface area (Å²) in [5.41, 5.74) is -1.11. The van der Waals surface area contributed by atoms with Crippen molar-refractivity contribution < 1.29 is 5.11 Å². The molecule has 0 saturated heterocycles. The van der Waals surface area contributed by atoms with Crippen LogP contribution in [-0.2, 0) is 0 Å². The van der Waals surface area contributed by atoms with Crippen LogP contribution in [0.25, 0.3) is 0 Å². The van der Waals surface area contributed by atoms with Gasteiger partial charge in [0.25, 0.3) is 0 Å². The molecule has 0 rings (SSSR count). The Kier molecular flexibility index (Phi) is 1.79. The minimum atomic E-state index is -1.11. The Morgan fingerprint density at radius 3 is 2.29 bits per heavy atom. The van der Waals surface area contributed by atoms with Gasteiger partial charge in [-0.25, -0.2) is 0 Å². The van der Waals surface area contributed by atoms with Crippen LogP contribution in [0, 0.1) is 11.3 Å². The summed E-state index contributed by atoms with van der Waals surface area (Å²) in [5.74, 6) is 0. The average Bonchev–Trinajstić information content (AvgIpc) is 1.68. The van der Waals surface area contributed by atoms with Gasteiger partial charge in [-0.05, 0) is 13.3 Å². The fourth-order valence-corrected chi connectivity index (χ4v) is 0.0791. The number of nitriles is 1. The number of aliphatic hydroxyl groups is 1. The molecule has 0 aromatic carbocycles. The molecule has 0 aromatic rings. The molecule has 0 bridgehead atoms. The van der Waals surface area contributed by atoms with E-state index in [2.05, 4.69) is 0 Å². The summed E-state index contributed by atoms with van der Waals surface area (Å²) in [5, 5.41) is 16.9. The maximum atomic E-state index is 8.77. The largest absolute Gasteiger partial charge is 0.376 e. The molecule has 2 heteroatoms. The first-order valence-corrected chi connectivity index (χ1v) is 2.26.